The first-order valence-corrected chi connectivity index (χ1v) is 12.9. The normalized spacial score (nSPS) is 24.2. The van der Waals surface area contributed by atoms with Gasteiger partial charge in [0.1, 0.15) is 30.6 Å². The second kappa shape index (κ2) is 8.67. The Morgan fingerprint density at radius 2 is 1.76 bits per heavy atom. The summed E-state index contributed by atoms with van der Waals surface area (Å²) in [6.45, 7) is -0.313. The Morgan fingerprint density at radius 1 is 1.06 bits per heavy atom. The highest BCUT2D eigenvalue weighted by Gasteiger charge is 2.43. The van der Waals surface area contributed by atoms with Crippen molar-refractivity contribution >= 4 is 32.5 Å². The molecule has 0 bridgehead atoms. The lowest BCUT2D eigenvalue weighted by Crippen LogP contribution is -2.22. The highest BCUT2D eigenvalue weighted by Crippen LogP contribution is 2.50. The van der Waals surface area contributed by atoms with Gasteiger partial charge in [-0.2, -0.15) is 0 Å². The molecule has 0 amide bonds. The fourth-order valence-electron chi connectivity index (χ4n) is 3.50. The minimum Gasteiger partial charge on any atom is -0.382 e. The first-order valence-electron chi connectivity index (χ1n) is 9.79. The number of anilines is 1. The molecule has 16 nitrogen and oxygen atoms in total. The molecule has 4 N–H and O–H groups in total. The zero-order valence-electron chi connectivity index (χ0n) is 17.3. The van der Waals surface area contributed by atoms with Crippen molar-refractivity contribution in [2.24, 2.45) is 0 Å². The van der Waals surface area contributed by atoms with Gasteiger partial charge >= 0.3 is 15.5 Å². The SMILES string of the molecule is Nc1ncnc2c1ncn2[C@@H]1O[C@H](COP(=O)(O)n2ccnc2)C[C@H]1OP(=O)(O)n1ccnc1. The molecule has 2 unspecified atom stereocenters. The van der Waals surface area contributed by atoms with Crippen LogP contribution in [-0.2, 0) is 22.9 Å². The lowest BCUT2D eigenvalue weighted by molar-refractivity contribution is -0.0435. The topological polar surface area (TPSA) is 208 Å². The zero-order chi connectivity index (χ0) is 23.9. The van der Waals surface area contributed by atoms with Crippen molar-refractivity contribution in [3.8, 4) is 0 Å². The standard InChI is InChI=1S/C16H19N9O7P2/c17-14-13-15(21-7-20-14)25(10-22-13)16-12(32-34(28,29)24-4-2-19-9-24)5-11(31-16)6-30-33(26,27)23-3-1-18-8-23/h1-4,7-12,16H,5-6H2,(H,26,27)(H,28,29)(H2,17,20,21)/t11-,12+,16+/m0/s1. The predicted octanol–water partition coefficient (Wildman–Crippen LogP) is 0.788. The molecule has 34 heavy (non-hydrogen) atoms. The zero-order valence-corrected chi connectivity index (χ0v) is 19.0. The minimum atomic E-state index is -4.35. The van der Waals surface area contributed by atoms with Gasteiger partial charge < -0.3 is 20.3 Å². The van der Waals surface area contributed by atoms with E-state index in [1.165, 1.54) is 42.0 Å². The molecular formula is C16H19N9O7P2. The van der Waals surface area contributed by atoms with Gasteiger partial charge in [0.05, 0.1) is 19.0 Å². The second-order valence-corrected chi connectivity index (χ2v) is 10.6. The third-order valence-electron chi connectivity index (χ3n) is 5.07. The van der Waals surface area contributed by atoms with Crippen LogP contribution in [0.5, 0.6) is 0 Å². The van der Waals surface area contributed by atoms with Crippen molar-refractivity contribution < 1.29 is 32.7 Å². The fourth-order valence-corrected chi connectivity index (χ4v) is 5.48. The van der Waals surface area contributed by atoms with Crippen molar-refractivity contribution in [1.29, 1.82) is 0 Å². The number of rotatable bonds is 8. The molecule has 1 fully saturated rings. The molecule has 1 saturated heterocycles. The average molecular weight is 511 g/mol. The highest BCUT2D eigenvalue weighted by molar-refractivity contribution is 7.51. The van der Waals surface area contributed by atoms with Gasteiger partial charge in [-0.05, 0) is 0 Å². The summed E-state index contributed by atoms with van der Waals surface area (Å²) in [6.07, 6.45) is 7.49. The summed E-state index contributed by atoms with van der Waals surface area (Å²) < 4.78 is 45.5. The Hall–Kier alpha value is -2.97. The molecule has 18 heteroatoms. The van der Waals surface area contributed by atoms with E-state index in [9.17, 15) is 18.9 Å². The molecule has 4 aromatic heterocycles. The number of aromatic nitrogens is 8. The van der Waals surface area contributed by atoms with E-state index in [4.69, 9.17) is 19.5 Å². The van der Waals surface area contributed by atoms with E-state index in [0.29, 0.717) is 11.2 Å². The Kier molecular flexibility index (Phi) is 5.81. The first kappa shape index (κ1) is 22.8. The third kappa shape index (κ3) is 4.28. The molecule has 0 aromatic carbocycles. The van der Waals surface area contributed by atoms with Crippen LogP contribution >= 0.6 is 15.5 Å². The van der Waals surface area contributed by atoms with Crippen LogP contribution in [0.2, 0.25) is 0 Å². The van der Waals surface area contributed by atoms with Crippen molar-refractivity contribution in [2.75, 3.05) is 12.3 Å². The number of hydrogen-bond donors (Lipinski definition) is 3. The van der Waals surface area contributed by atoms with Gasteiger partial charge in [0.25, 0.3) is 0 Å². The van der Waals surface area contributed by atoms with E-state index in [-0.39, 0.29) is 18.8 Å². The third-order valence-corrected chi connectivity index (χ3v) is 7.74. The van der Waals surface area contributed by atoms with Crippen LogP contribution in [0.15, 0.2) is 50.1 Å². The molecule has 5 rings (SSSR count). The fraction of sp³-hybridized carbons (Fsp3) is 0.312. The van der Waals surface area contributed by atoms with Crippen LogP contribution in [0.1, 0.15) is 12.6 Å². The van der Waals surface area contributed by atoms with E-state index >= 15 is 0 Å². The van der Waals surface area contributed by atoms with Gasteiger partial charge in [-0.15, -0.1) is 0 Å². The Bertz CT molecular complexity index is 1380. The van der Waals surface area contributed by atoms with Crippen LogP contribution in [0.3, 0.4) is 0 Å². The molecule has 0 radical (unpaired) electrons. The van der Waals surface area contributed by atoms with Crippen LogP contribution in [0.4, 0.5) is 5.82 Å². The maximum atomic E-state index is 12.8. The minimum absolute atomic E-state index is 0.0497. The monoisotopic (exact) mass is 511 g/mol. The van der Waals surface area contributed by atoms with E-state index in [2.05, 4.69) is 24.9 Å². The Morgan fingerprint density at radius 3 is 2.44 bits per heavy atom. The van der Waals surface area contributed by atoms with Gasteiger partial charge in [-0.25, -0.2) is 42.7 Å². The summed E-state index contributed by atoms with van der Waals surface area (Å²) in [5.41, 5.74) is 6.48. The molecule has 5 atom stereocenters. The van der Waals surface area contributed by atoms with E-state index in [1.54, 1.807) is 0 Å². The summed E-state index contributed by atoms with van der Waals surface area (Å²) in [5.74, 6) is 0.145. The number of ether oxygens (including phenoxy) is 1. The number of imidazole rings is 3. The van der Waals surface area contributed by atoms with E-state index in [0.717, 1.165) is 21.3 Å². The molecule has 180 valence electrons. The van der Waals surface area contributed by atoms with Gasteiger partial charge in [0, 0.05) is 31.2 Å². The molecule has 1 aliphatic heterocycles. The lowest BCUT2D eigenvalue weighted by Gasteiger charge is -2.23. The first-order chi connectivity index (χ1) is 16.2. The van der Waals surface area contributed by atoms with Crippen molar-refractivity contribution in [3.05, 3.63) is 50.1 Å². The molecule has 4 aromatic rings. The number of hydrogen-bond acceptors (Lipinski definition) is 11. The summed E-state index contributed by atoms with van der Waals surface area (Å²) in [4.78, 5) is 40.4. The Labute approximate surface area is 191 Å². The maximum Gasteiger partial charge on any atom is 0.437 e. The van der Waals surface area contributed by atoms with Crippen LogP contribution in [-0.4, -0.2) is 66.8 Å². The molecule has 0 saturated carbocycles. The van der Waals surface area contributed by atoms with Crippen LogP contribution in [0.25, 0.3) is 11.2 Å². The number of nitrogens with zero attached hydrogens (tertiary/aromatic N) is 8. The van der Waals surface area contributed by atoms with E-state index < -0.39 is 33.9 Å². The van der Waals surface area contributed by atoms with Crippen molar-refractivity contribution in [3.63, 3.8) is 0 Å². The Balaban J connectivity index is 1.41. The number of nitrogen functional groups attached to an aromatic ring is 1. The molecular weight excluding hydrogens is 492 g/mol. The lowest BCUT2D eigenvalue weighted by atomic mass is 10.2. The maximum absolute atomic E-state index is 12.8. The average Bonchev–Trinajstić information content (AvgIpc) is 3.59. The smallest absolute Gasteiger partial charge is 0.382 e. The number of fused-ring (bicyclic) bond motifs is 1. The predicted molar refractivity (Wildman–Crippen MR) is 114 cm³/mol. The van der Waals surface area contributed by atoms with E-state index in [1.807, 2.05) is 0 Å². The highest BCUT2D eigenvalue weighted by atomic mass is 31.2. The van der Waals surface area contributed by atoms with Gasteiger partial charge in [-0.3, -0.25) is 13.6 Å². The van der Waals surface area contributed by atoms with Gasteiger partial charge in [0.2, 0.25) is 0 Å². The van der Waals surface area contributed by atoms with Gasteiger partial charge in [-0.1, -0.05) is 0 Å². The quantitative estimate of drug-likeness (QED) is 0.280. The molecule has 0 aliphatic carbocycles. The molecule has 5 heterocycles. The molecule has 0 spiro atoms. The van der Waals surface area contributed by atoms with Crippen LogP contribution in [0, 0.1) is 0 Å². The van der Waals surface area contributed by atoms with Gasteiger partial charge in [0.15, 0.2) is 17.7 Å². The molecule has 1 aliphatic rings. The number of nitrogens with two attached hydrogens (primary N) is 1. The summed E-state index contributed by atoms with van der Waals surface area (Å²) >= 11 is 0. The largest absolute Gasteiger partial charge is 0.437 e. The van der Waals surface area contributed by atoms with Crippen LogP contribution < -0.4 is 5.73 Å². The van der Waals surface area contributed by atoms with Crippen molar-refractivity contribution in [2.45, 2.75) is 24.9 Å². The van der Waals surface area contributed by atoms with Crippen molar-refractivity contribution in [1.82, 2.24) is 38.2 Å². The summed E-state index contributed by atoms with van der Waals surface area (Å²) in [5, 5.41) is 0. The second-order valence-electron chi connectivity index (χ2n) is 7.27. The summed E-state index contributed by atoms with van der Waals surface area (Å²) in [7, 11) is -8.56. The summed E-state index contributed by atoms with van der Waals surface area (Å²) in [6, 6.07) is 0.